The van der Waals surface area contributed by atoms with Gasteiger partial charge in [-0.25, -0.2) is 4.98 Å². The Morgan fingerprint density at radius 3 is 2.62 bits per heavy atom. The van der Waals surface area contributed by atoms with Crippen LogP contribution in [-0.4, -0.2) is 4.98 Å². The van der Waals surface area contributed by atoms with Gasteiger partial charge in [-0.15, -0.1) is 11.3 Å². The summed E-state index contributed by atoms with van der Waals surface area (Å²) in [5.41, 5.74) is 6.68. The highest BCUT2D eigenvalue weighted by Crippen LogP contribution is 2.44. The van der Waals surface area contributed by atoms with Crippen LogP contribution in [0.2, 0.25) is 0 Å². The third kappa shape index (κ3) is 3.40. The van der Waals surface area contributed by atoms with Crippen molar-refractivity contribution in [3.8, 4) is 0 Å². The molecule has 2 aromatic rings. The maximum absolute atomic E-state index is 12.9. The predicted molar refractivity (Wildman–Crippen MR) is 80.5 cm³/mol. The quantitative estimate of drug-likeness (QED) is 0.820. The van der Waals surface area contributed by atoms with Gasteiger partial charge in [-0.1, -0.05) is 15.9 Å². The van der Waals surface area contributed by atoms with Crippen LogP contribution in [0.1, 0.15) is 40.5 Å². The van der Waals surface area contributed by atoms with Crippen molar-refractivity contribution in [2.45, 2.75) is 31.4 Å². The molecule has 0 aliphatic heterocycles. The molecule has 0 amide bonds. The fourth-order valence-corrected chi connectivity index (χ4v) is 3.78. The largest absolute Gasteiger partial charge is 0.416 e. The number of nitrogen functional groups attached to an aromatic ring is 1. The van der Waals surface area contributed by atoms with E-state index in [0.717, 1.165) is 29.5 Å². The van der Waals surface area contributed by atoms with Gasteiger partial charge in [0.15, 0.2) is 5.13 Å². The molecule has 0 spiro atoms. The van der Waals surface area contributed by atoms with E-state index in [0.29, 0.717) is 27.5 Å². The van der Waals surface area contributed by atoms with Crippen LogP contribution in [0.25, 0.3) is 0 Å². The fraction of sp³-hybridized carbons (Fsp3) is 0.357. The summed E-state index contributed by atoms with van der Waals surface area (Å²) in [6, 6.07) is 3.99. The van der Waals surface area contributed by atoms with Crippen molar-refractivity contribution < 1.29 is 13.2 Å². The topological polar surface area (TPSA) is 38.9 Å². The van der Waals surface area contributed by atoms with Crippen LogP contribution in [0.4, 0.5) is 18.3 Å². The molecule has 1 heterocycles. The number of aromatic nitrogens is 1. The Morgan fingerprint density at radius 1 is 1.29 bits per heavy atom. The lowest BCUT2D eigenvalue weighted by Crippen LogP contribution is -2.06. The Hall–Kier alpha value is -1.08. The van der Waals surface area contributed by atoms with Gasteiger partial charge in [-0.05, 0) is 36.6 Å². The predicted octanol–water partition coefficient (Wildman–Crippen LogP) is 4.97. The van der Waals surface area contributed by atoms with Crippen molar-refractivity contribution in [2.24, 2.45) is 0 Å². The Balaban J connectivity index is 1.93. The monoisotopic (exact) mass is 376 g/mol. The van der Waals surface area contributed by atoms with E-state index in [1.165, 1.54) is 17.4 Å². The molecular formula is C14H12BrF3N2S. The number of rotatable bonds is 3. The first-order valence-corrected chi connectivity index (χ1v) is 8.05. The molecule has 0 radical (unpaired) electrons. The molecule has 7 heteroatoms. The van der Waals surface area contributed by atoms with Crippen LogP contribution in [-0.2, 0) is 12.6 Å². The second kappa shape index (κ2) is 5.28. The normalized spacial score (nSPS) is 15.4. The van der Waals surface area contributed by atoms with Gasteiger partial charge in [0.1, 0.15) is 0 Å². The zero-order chi connectivity index (χ0) is 15.2. The average molecular weight is 377 g/mol. The van der Waals surface area contributed by atoms with Crippen molar-refractivity contribution >= 4 is 32.4 Å². The summed E-state index contributed by atoms with van der Waals surface area (Å²) in [5, 5.41) is 0.484. The first-order valence-electron chi connectivity index (χ1n) is 6.44. The fourth-order valence-electron chi connectivity index (χ4n) is 2.29. The average Bonchev–Trinajstić information content (AvgIpc) is 3.13. The van der Waals surface area contributed by atoms with Crippen LogP contribution >= 0.6 is 27.3 Å². The summed E-state index contributed by atoms with van der Waals surface area (Å²) in [6.07, 6.45) is -1.74. The number of hydrogen-bond acceptors (Lipinski definition) is 3. The number of nitrogens with two attached hydrogens (primary N) is 1. The van der Waals surface area contributed by atoms with Gasteiger partial charge in [0.25, 0.3) is 0 Å². The van der Waals surface area contributed by atoms with Gasteiger partial charge >= 0.3 is 6.18 Å². The van der Waals surface area contributed by atoms with Crippen molar-refractivity contribution in [3.63, 3.8) is 0 Å². The van der Waals surface area contributed by atoms with Gasteiger partial charge in [-0.3, -0.25) is 0 Å². The summed E-state index contributed by atoms with van der Waals surface area (Å²) in [7, 11) is 0. The van der Waals surface area contributed by atoms with E-state index < -0.39 is 11.7 Å². The molecule has 1 aromatic heterocycles. The van der Waals surface area contributed by atoms with E-state index in [9.17, 15) is 13.2 Å². The lowest BCUT2D eigenvalue weighted by atomic mass is 10.1. The van der Waals surface area contributed by atoms with E-state index in [-0.39, 0.29) is 0 Å². The van der Waals surface area contributed by atoms with Crippen LogP contribution in [0.5, 0.6) is 0 Å². The molecule has 1 fully saturated rings. The molecule has 2 N–H and O–H groups in total. The molecule has 1 saturated carbocycles. The maximum atomic E-state index is 12.9. The van der Waals surface area contributed by atoms with Gasteiger partial charge in [0.2, 0.25) is 0 Å². The minimum atomic E-state index is -4.34. The molecule has 0 bridgehead atoms. The van der Waals surface area contributed by atoms with E-state index in [1.54, 1.807) is 6.07 Å². The maximum Gasteiger partial charge on any atom is 0.416 e. The third-order valence-electron chi connectivity index (χ3n) is 3.36. The van der Waals surface area contributed by atoms with Crippen molar-refractivity contribution in [2.75, 3.05) is 5.73 Å². The zero-order valence-electron chi connectivity index (χ0n) is 10.9. The third-order valence-corrected chi connectivity index (χ3v) is 4.72. The standard InChI is InChI=1S/C14H12BrF3N2S/c15-10-4-7(3-9(6-10)14(16,17)18)5-11-12(8-1-2-8)20-13(19)21-11/h3-4,6,8H,1-2,5H2,(H2,19,20). The number of thiazole rings is 1. The molecule has 1 aromatic carbocycles. The van der Waals surface area contributed by atoms with Crippen LogP contribution in [0.3, 0.4) is 0 Å². The Kier molecular flexibility index (Phi) is 3.73. The van der Waals surface area contributed by atoms with E-state index in [2.05, 4.69) is 20.9 Å². The molecule has 0 unspecified atom stereocenters. The van der Waals surface area contributed by atoms with Crippen molar-refractivity contribution in [3.05, 3.63) is 44.4 Å². The molecule has 1 aliphatic rings. The zero-order valence-corrected chi connectivity index (χ0v) is 13.3. The van der Waals surface area contributed by atoms with E-state index >= 15 is 0 Å². The highest BCUT2D eigenvalue weighted by Gasteiger charge is 2.32. The smallest absolute Gasteiger partial charge is 0.375 e. The van der Waals surface area contributed by atoms with Crippen molar-refractivity contribution in [1.29, 1.82) is 0 Å². The second-order valence-corrected chi connectivity index (χ2v) is 7.19. The SMILES string of the molecule is Nc1nc(C2CC2)c(Cc2cc(Br)cc(C(F)(F)F)c2)s1. The molecule has 0 saturated heterocycles. The first kappa shape index (κ1) is 14.8. The highest BCUT2D eigenvalue weighted by molar-refractivity contribution is 9.10. The van der Waals surface area contributed by atoms with E-state index in [4.69, 9.17) is 5.73 Å². The second-order valence-electron chi connectivity index (χ2n) is 5.16. The van der Waals surface area contributed by atoms with E-state index in [1.807, 2.05) is 0 Å². The molecular weight excluding hydrogens is 365 g/mol. The van der Waals surface area contributed by atoms with Gasteiger partial charge in [-0.2, -0.15) is 13.2 Å². The molecule has 21 heavy (non-hydrogen) atoms. The number of halogens is 4. The number of nitrogens with zero attached hydrogens (tertiary/aromatic N) is 1. The summed E-state index contributed by atoms with van der Waals surface area (Å²) < 4.78 is 39.0. The van der Waals surface area contributed by atoms with Crippen LogP contribution in [0.15, 0.2) is 22.7 Å². The summed E-state index contributed by atoms with van der Waals surface area (Å²) in [4.78, 5) is 5.30. The number of anilines is 1. The summed E-state index contributed by atoms with van der Waals surface area (Å²) in [5.74, 6) is 0.433. The number of hydrogen-bond donors (Lipinski definition) is 1. The molecule has 1 aliphatic carbocycles. The van der Waals surface area contributed by atoms with Gasteiger partial charge in [0.05, 0.1) is 11.3 Å². The van der Waals surface area contributed by atoms with Crippen molar-refractivity contribution in [1.82, 2.24) is 4.98 Å². The van der Waals surface area contributed by atoms with Gasteiger partial charge in [0, 0.05) is 21.7 Å². The van der Waals surface area contributed by atoms with Gasteiger partial charge < -0.3 is 5.73 Å². The lowest BCUT2D eigenvalue weighted by molar-refractivity contribution is -0.137. The minimum Gasteiger partial charge on any atom is -0.375 e. The molecule has 2 nitrogen and oxygen atoms in total. The molecule has 112 valence electrons. The Bertz CT molecular complexity index is 677. The summed E-state index contributed by atoms with van der Waals surface area (Å²) in [6.45, 7) is 0. The Labute approximate surface area is 132 Å². The van der Waals surface area contributed by atoms with Crippen LogP contribution < -0.4 is 5.73 Å². The Morgan fingerprint density at radius 2 is 2.00 bits per heavy atom. The molecule has 0 atom stereocenters. The molecule has 3 rings (SSSR count). The number of benzene rings is 1. The van der Waals surface area contributed by atoms with Crippen LogP contribution in [0, 0.1) is 0 Å². The lowest BCUT2D eigenvalue weighted by Gasteiger charge is -2.10. The summed E-state index contributed by atoms with van der Waals surface area (Å²) >= 11 is 4.51. The first-order chi connectivity index (χ1) is 9.83. The number of alkyl halides is 3. The highest BCUT2D eigenvalue weighted by atomic mass is 79.9. The minimum absolute atomic E-state index is 0.429.